The first-order valence-corrected chi connectivity index (χ1v) is 8.32. The SMILES string of the molecule is CNC(c1cc2c(s1)CCCC2)c1sccc1C. The van der Waals surface area contributed by atoms with Gasteiger partial charge in [0.05, 0.1) is 6.04 Å². The molecule has 2 aromatic heterocycles. The molecule has 2 aromatic rings. The van der Waals surface area contributed by atoms with Crippen LogP contribution in [0.15, 0.2) is 17.5 Å². The number of hydrogen-bond acceptors (Lipinski definition) is 3. The molecule has 3 heteroatoms. The van der Waals surface area contributed by atoms with Gasteiger partial charge in [-0.15, -0.1) is 22.7 Å². The molecule has 1 nitrogen and oxygen atoms in total. The molecule has 18 heavy (non-hydrogen) atoms. The van der Waals surface area contributed by atoms with Crippen molar-refractivity contribution in [1.82, 2.24) is 5.32 Å². The van der Waals surface area contributed by atoms with E-state index in [0.717, 1.165) is 0 Å². The number of fused-ring (bicyclic) bond motifs is 1. The highest BCUT2D eigenvalue weighted by atomic mass is 32.1. The molecule has 2 heterocycles. The van der Waals surface area contributed by atoms with Crippen molar-refractivity contribution in [3.63, 3.8) is 0 Å². The highest BCUT2D eigenvalue weighted by Gasteiger charge is 2.21. The standard InChI is InChI=1S/C15H19NS2/c1-10-7-8-17-15(10)14(16-2)13-9-11-5-3-4-6-12(11)18-13/h7-9,14,16H,3-6H2,1-2H3. The summed E-state index contributed by atoms with van der Waals surface area (Å²) in [4.78, 5) is 4.59. The first-order valence-electron chi connectivity index (χ1n) is 6.62. The van der Waals surface area contributed by atoms with E-state index in [1.54, 1.807) is 10.4 Å². The lowest BCUT2D eigenvalue weighted by atomic mass is 9.98. The van der Waals surface area contributed by atoms with Crippen molar-refractivity contribution in [3.05, 3.63) is 43.3 Å². The Hall–Kier alpha value is -0.640. The number of nitrogens with one attached hydrogen (secondary N) is 1. The second-order valence-electron chi connectivity index (χ2n) is 4.99. The fourth-order valence-electron chi connectivity index (χ4n) is 2.74. The first-order chi connectivity index (χ1) is 8.79. The maximum absolute atomic E-state index is 3.49. The van der Waals surface area contributed by atoms with Gasteiger partial charge in [-0.25, -0.2) is 0 Å². The number of aryl methyl sites for hydroxylation is 3. The van der Waals surface area contributed by atoms with Gasteiger partial charge in [0, 0.05) is 14.6 Å². The fraction of sp³-hybridized carbons (Fsp3) is 0.467. The molecule has 0 aromatic carbocycles. The Balaban J connectivity index is 1.97. The Morgan fingerprint density at radius 3 is 2.78 bits per heavy atom. The molecular weight excluding hydrogens is 258 g/mol. The predicted molar refractivity (Wildman–Crippen MR) is 80.9 cm³/mol. The smallest absolute Gasteiger partial charge is 0.0765 e. The average Bonchev–Trinajstić information content (AvgIpc) is 2.97. The van der Waals surface area contributed by atoms with E-state index in [0.29, 0.717) is 6.04 Å². The minimum atomic E-state index is 0.389. The third kappa shape index (κ3) is 2.15. The van der Waals surface area contributed by atoms with Crippen LogP contribution in [0.3, 0.4) is 0 Å². The summed E-state index contributed by atoms with van der Waals surface area (Å²) in [6.45, 7) is 2.21. The summed E-state index contributed by atoms with van der Waals surface area (Å²) in [5, 5.41) is 5.69. The van der Waals surface area contributed by atoms with Crippen LogP contribution >= 0.6 is 22.7 Å². The van der Waals surface area contributed by atoms with Crippen molar-refractivity contribution in [3.8, 4) is 0 Å². The Morgan fingerprint density at radius 2 is 2.11 bits per heavy atom. The van der Waals surface area contributed by atoms with Crippen molar-refractivity contribution in [2.75, 3.05) is 7.05 Å². The summed E-state index contributed by atoms with van der Waals surface area (Å²) in [5.74, 6) is 0. The maximum Gasteiger partial charge on any atom is 0.0765 e. The van der Waals surface area contributed by atoms with E-state index in [2.05, 4.69) is 36.8 Å². The molecule has 0 fully saturated rings. The van der Waals surface area contributed by atoms with Gasteiger partial charge in [-0.3, -0.25) is 0 Å². The zero-order valence-corrected chi connectivity index (χ0v) is 12.6. The molecule has 1 N–H and O–H groups in total. The molecule has 1 atom stereocenters. The van der Waals surface area contributed by atoms with Gasteiger partial charge in [0.2, 0.25) is 0 Å². The van der Waals surface area contributed by atoms with E-state index in [4.69, 9.17) is 0 Å². The molecule has 1 aliphatic carbocycles. The Bertz CT molecular complexity index is 515. The number of hydrogen-bond donors (Lipinski definition) is 1. The molecule has 1 aliphatic rings. The van der Waals surface area contributed by atoms with Gasteiger partial charge in [-0.2, -0.15) is 0 Å². The highest BCUT2D eigenvalue weighted by molar-refractivity contribution is 7.13. The zero-order chi connectivity index (χ0) is 12.5. The largest absolute Gasteiger partial charge is 0.308 e. The van der Waals surface area contributed by atoms with Crippen molar-refractivity contribution >= 4 is 22.7 Å². The Morgan fingerprint density at radius 1 is 1.28 bits per heavy atom. The van der Waals surface area contributed by atoms with Gasteiger partial charge in [-0.1, -0.05) is 0 Å². The lowest BCUT2D eigenvalue weighted by molar-refractivity contribution is 0.693. The van der Waals surface area contributed by atoms with Gasteiger partial charge in [0.1, 0.15) is 0 Å². The summed E-state index contributed by atoms with van der Waals surface area (Å²) in [7, 11) is 2.07. The van der Waals surface area contributed by atoms with Crippen LogP contribution in [-0.4, -0.2) is 7.05 Å². The van der Waals surface area contributed by atoms with Crippen LogP contribution in [0.2, 0.25) is 0 Å². The number of rotatable bonds is 3. The normalized spacial score (nSPS) is 16.6. The quantitative estimate of drug-likeness (QED) is 0.881. The molecule has 96 valence electrons. The van der Waals surface area contributed by atoms with Crippen LogP contribution in [0.25, 0.3) is 0 Å². The van der Waals surface area contributed by atoms with E-state index >= 15 is 0 Å². The third-order valence-electron chi connectivity index (χ3n) is 3.75. The fourth-order valence-corrected chi connectivity index (χ4v) is 5.24. The molecule has 1 unspecified atom stereocenters. The van der Waals surface area contributed by atoms with E-state index in [9.17, 15) is 0 Å². The maximum atomic E-state index is 3.49. The molecule has 0 saturated heterocycles. The molecule has 0 bridgehead atoms. The van der Waals surface area contributed by atoms with Crippen LogP contribution in [0.1, 0.15) is 44.6 Å². The van der Waals surface area contributed by atoms with Crippen LogP contribution in [0, 0.1) is 6.92 Å². The molecule has 0 radical (unpaired) electrons. The average molecular weight is 277 g/mol. The van der Waals surface area contributed by atoms with E-state index in [1.807, 2.05) is 22.7 Å². The second kappa shape index (κ2) is 5.16. The number of thiophene rings is 2. The predicted octanol–water partition coefficient (Wildman–Crippen LogP) is 4.31. The minimum absolute atomic E-state index is 0.389. The second-order valence-corrected chi connectivity index (χ2v) is 7.11. The third-order valence-corrected chi connectivity index (χ3v) is 6.14. The molecular formula is C15H19NS2. The Kier molecular flexibility index (Phi) is 3.55. The molecule has 0 saturated carbocycles. The van der Waals surface area contributed by atoms with Crippen molar-refractivity contribution in [1.29, 1.82) is 0 Å². The van der Waals surface area contributed by atoms with E-state index < -0.39 is 0 Å². The minimum Gasteiger partial charge on any atom is -0.308 e. The topological polar surface area (TPSA) is 12.0 Å². The molecule has 3 rings (SSSR count). The zero-order valence-electron chi connectivity index (χ0n) is 11.0. The van der Waals surface area contributed by atoms with Crippen LogP contribution < -0.4 is 5.32 Å². The summed E-state index contributed by atoms with van der Waals surface area (Å²) in [6, 6.07) is 5.05. The lowest BCUT2D eigenvalue weighted by Gasteiger charge is -2.14. The van der Waals surface area contributed by atoms with E-state index in [1.165, 1.54) is 41.0 Å². The monoisotopic (exact) mass is 277 g/mol. The Labute approximate surface area is 117 Å². The van der Waals surface area contributed by atoms with Crippen molar-refractivity contribution in [2.24, 2.45) is 0 Å². The summed E-state index contributed by atoms with van der Waals surface area (Å²) < 4.78 is 0. The van der Waals surface area contributed by atoms with Crippen molar-refractivity contribution in [2.45, 2.75) is 38.6 Å². The van der Waals surface area contributed by atoms with Crippen LogP contribution in [0.5, 0.6) is 0 Å². The van der Waals surface area contributed by atoms with Crippen LogP contribution in [-0.2, 0) is 12.8 Å². The highest BCUT2D eigenvalue weighted by Crippen LogP contribution is 2.37. The van der Waals surface area contributed by atoms with Crippen molar-refractivity contribution < 1.29 is 0 Å². The van der Waals surface area contributed by atoms with E-state index in [-0.39, 0.29) is 0 Å². The van der Waals surface area contributed by atoms with Gasteiger partial charge in [-0.05, 0) is 68.3 Å². The lowest BCUT2D eigenvalue weighted by Crippen LogP contribution is -2.16. The van der Waals surface area contributed by atoms with Gasteiger partial charge < -0.3 is 5.32 Å². The molecule has 0 spiro atoms. The molecule has 0 amide bonds. The summed E-state index contributed by atoms with van der Waals surface area (Å²) >= 11 is 3.89. The van der Waals surface area contributed by atoms with Gasteiger partial charge >= 0.3 is 0 Å². The van der Waals surface area contributed by atoms with Gasteiger partial charge in [0.15, 0.2) is 0 Å². The summed E-state index contributed by atoms with van der Waals surface area (Å²) in [5.41, 5.74) is 3.02. The first kappa shape index (κ1) is 12.4. The molecule has 0 aliphatic heterocycles. The summed E-state index contributed by atoms with van der Waals surface area (Å²) in [6.07, 6.45) is 5.31. The van der Waals surface area contributed by atoms with Gasteiger partial charge in [0.25, 0.3) is 0 Å². The van der Waals surface area contributed by atoms with Crippen LogP contribution in [0.4, 0.5) is 0 Å².